The van der Waals surface area contributed by atoms with Gasteiger partial charge in [0.2, 0.25) is 5.91 Å². The maximum Gasteiger partial charge on any atom is 0.268 e. The molecule has 0 fully saturated rings. The summed E-state index contributed by atoms with van der Waals surface area (Å²) in [5, 5.41) is 13.4. The van der Waals surface area contributed by atoms with Crippen molar-refractivity contribution in [1.29, 1.82) is 0 Å². The Morgan fingerprint density at radius 3 is 2.51 bits per heavy atom. The number of benzene rings is 1. The van der Waals surface area contributed by atoms with Crippen LogP contribution >= 0.6 is 0 Å². The maximum absolute atomic E-state index is 13.3. The molecule has 35 heavy (non-hydrogen) atoms. The van der Waals surface area contributed by atoms with Crippen molar-refractivity contribution in [2.24, 2.45) is 0 Å². The summed E-state index contributed by atoms with van der Waals surface area (Å²) >= 11 is 0. The first-order valence-corrected chi connectivity index (χ1v) is 11.2. The van der Waals surface area contributed by atoms with Crippen molar-refractivity contribution in [3.8, 4) is 5.75 Å². The fraction of sp³-hybridized carbons (Fsp3) is 0.360. The third kappa shape index (κ3) is 6.21. The van der Waals surface area contributed by atoms with Crippen LogP contribution in [0.5, 0.6) is 5.75 Å². The Labute approximate surface area is 202 Å². The number of carbonyl (C=O) groups is 2. The summed E-state index contributed by atoms with van der Waals surface area (Å²) in [6.07, 6.45) is 1.87. The van der Waals surface area contributed by atoms with Crippen molar-refractivity contribution in [2.75, 3.05) is 27.2 Å². The number of halogens is 1. The normalized spacial score (nSPS) is 11.1. The van der Waals surface area contributed by atoms with E-state index in [0.717, 1.165) is 10.1 Å². The monoisotopic (exact) mass is 484 g/mol. The highest BCUT2D eigenvalue weighted by atomic mass is 19.1. The molecule has 2 N–H and O–H groups in total. The molecule has 0 radical (unpaired) electrons. The lowest BCUT2D eigenvalue weighted by Gasteiger charge is -2.17. The summed E-state index contributed by atoms with van der Waals surface area (Å²) in [4.78, 5) is 44.2. The lowest BCUT2D eigenvalue weighted by molar-refractivity contribution is -0.129. The Morgan fingerprint density at radius 1 is 1.20 bits per heavy atom. The predicted octanol–water partition coefficient (Wildman–Crippen LogP) is 2.08. The van der Waals surface area contributed by atoms with Gasteiger partial charge in [-0.15, -0.1) is 0 Å². The lowest BCUT2D eigenvalue weighted by atomic mass is 10.1. The van der Waals surface area contributed by atoms with Gasteiger partial charge in [0.05, 0.1) is 18.2 Å². The third-order valence-corrected chi connectivity index (χ3v) is 5.31. The topological polar surface area (TPSA) is 114 Å². The second-order valence-electron chi connectivity index (χ2n) is 8.59. The largest absolute Gasteiger partial charge is 0.505 e. The molecule has 3 rings (SSSR count). The summed E-state index contributed by atoms with van der Waals surface area (Å²) in [6, 6.07) is 7.59. The average molecular weight is 485 g/mol. The van der Waals surface area contributed by atoms with Crippen molar-refractivity contribution in [3.63, 3.8) is 0 Å². The van der Waals surface area contributed by atoms with E-state index in [1.54, 1.807) is 32.3 Å². The quantitative estimate of drug-likeness (QED) is 0.450. The van der Waals surface area contributed by atoms with Crippen molar-refractivity contribution in [2.45, 2.75) is 32.9 Å². The number of amides is 2. The van der Waals surface area contributed by atoms with E-state index < -0.39 is 22.8 Å². The minimum atomic E-state index is -0.812. The Bertz CT molecular complexity index is 1290. The standard InChI is InChI=1S/C25H29FN4O5/c1-15(2)35-10-9-27-24(33)21-23(32)22-19(30(25(21)34)14-20(31)29(3)4)12-17(13-28-22)11-16-5-7-18(26)8-6-16/h5-8,12-13,15,32H,9-11,14H2,1-4H3,(H,27,33). The summed E-state index contributed by atoms with van der Waals surface area (Å²) < 4.78 is 19.8. The molecule has 0 spiro atoms. The smallest absolute Gasteiger partial charge is 0.268 e. The van der Waals surface area contributed by atoms with E-state index in [9.17, 15) is 23.9 Å². The fourth-order valence-corrected chi connectivity index (χ4v) is 3.47. The van der Waals surface area contributed by atoms with Crippen molar-refractivity contribution in [1.82, 2.24) is 19.8 Å². The molecular weight excluding hydrogens is 455 g/mol. The molecule has 0 bridgehead atoms. The highest BCUT2D eigenvalue weighted by molar-refractivity contribution is 6.01. The average Bonchev–Trinajstić information content (AvgIpc) is 2.80. The number of rotatable bonds is 9. The highest BCUT2D eigenvalue weighted by Crippen LogP contribution is 2.26. The van der Waals surface area contributed by atoms with E-state index in [4.69, 9.17) is 4.74 Å². The van der Waals surface area contributed by atoms with Crippen molar-refractivity contribution < 1.29 is 23.8 Å². The van der Waals surface area contributed by atoms with Gasteiger partial charge in [0.15, 0.2) is 5.75 Å². The van der Waals surface area contributed by atoms with E-state index in [0.29, 0.717) is 12.0 Å². The van der Waals surface area contributed by atoms with Crippen LogP contribution in [0.4, 0.5) is 4.39 Å². The van der Waals surface area contributed by atoms with Crippen LogP contribution in [0.2, 0.25) is 0 Å². The van der Waals surface area contributed by atoms with E-state index >= 15 is 0 Å². The molecule has 0 aliphatic heterocycles. The van der Waals surface area contributed by atoms with Crippen LogP contribution in [0.15, 0.2) is 41.3 Å². The zero-order valence-corrected chi connectivity index (χ0v) is 20.2. The van der Waals surface area contributed by atoms with Gasteiger partial charge in [-0.1, -0.05) is 12.1 Å². The number of carbonyl (C=O) groups excluding carboxylic acids is 2. The first-order valence-electron chi connectivity index (χ1n) is 11.2. The highest BCUT2D eigenvalue weighted by Gasteiger charge is 2.24. The Balaban J connectivity index is 2.05. The first-order chi connectivity index (χ1) is 16.6. The number of pyridine rings is 2. The molecule has 0 saturated heterocycles. The molecule has 0 aliphatic rings. The van der Waals surface area contributed by atoms with Gasteiger partial charge >= 0.3 is 0 Å². The third-order valence-electron chi connectivity index (χ3n) is 5.31. The van der Waals surface area contributed by atoms with Crippen molar-refractivity contribution >= 4 is 22.8 Å². The SMILES string of the molecule is CC(C)OCCNC(=O)c1c(O)c2ncc(Cc3ccc(F)cc3)cc2n(CC(=O)N(C)C)c1=O. The van der Waals surface area contributed by atoms with Crippen LogP contribution in [-0.4, -0.2) is 64.7 Å². The zero-order chi connectivity index (χ0) is 25.7. The number of fused-ring (bicyclic) bond motifs is 1. The number of hydrogen-bond acceptors (Lipinski definition) is 6. The zero-order valence-electron chi connectivity index (χ0n) is 20.2. The van der Waals surface area contributed by atoms with Gasteiger partial charge in [0, 0.05) is 26.8 Å². The molecule has 2 aromatic heterocycles. The van der Waals surface area contributed by atoms with Crippen LogP contribution in [0.1, 0.15) is 35.3 Å². The lowest BCUT2D eigenvalue weighted by Crippen LogP contribution is -2.38. The molecule has 3 aromatic rings. The number of nitrogens with one attached hydrogen (secondary N) is 1. The first kappa shape index (κ1) is 25.8. The number of ether oxygens (including phenoxy) is 1. The van der Waals surface area contributed by atoms with Crippen LogP contribution in [0.25, 0.3) is 11.0 Å². The van der Waals surface area contributed by atoms with Crippen LogP contribution in [-0.2, 0) is 22.5 Å². The summed E-state index contributed by atoms with van der Waals surface area (Å²) in [6.45, 7) is 3.73. The van der Waals surface area contributed by atoms with Gasteiger partial charge in [-0.25, -0.2) is 4.39 Å². The van der Waals surface area contributed by atoms with Gasteiger partial charge in [-0.2, -0.15) is 0 Å². The molecule has 0 atom stereocenters. The number of likely N-dealkylation sites (N-methyl/N-ethyl adjacent to an activating group) is 1. The maximum atomic E-state index is 13.3. The summed E-state index contributed by atoms with van der Waals surface area (Å²) in [5.74, 6) is -2.08. The van der Waals surface area contributed by atoms with E-state index in [-0.39, 0.29) is 48.6 Å². The molecule has 2 heterocycles. The number of aromatic nitrogens is 2. The van der Waals surface area contributed by atoms with E-state index in [2.05, 4.69) is 10.3 Å². The predicted molar refractivity (Wildman–Crippen MR) is 129 cm³/mol. The van der Waals surface area contributed by atoms with Gasteiger partial charge in [-0.3, -0.25) is 23.9 Å². The molecule has 10 heteroatoms. The molecule has 2 amide bonds. The number of aromatic hydroxyl groups is 1. The van der Waals surface area contributed by atoms with E-state index in [1.165, 1.54) is 23.2 Å². The second-order valence-corrected chi connectivity index (χ2v) is 8.59. The number of nitrogens with zero attached hydrogens (tertiary/aromatic N) is 3. The Morgan fingerprint density at radius 2 is 1.89 bits per heavy atom. The molecule has 0 aliphatic carbocycles. The molecule has 0 saturated carbocycles. The van der Waals surface area contributed by atoms with Gasteiger partial charge in [0.25, 0.3) is 11.5 Å². The Kier molecular flexibility index (Phi) is 8.18. The molecule has 186 valence electrons. The Hall–Kier alpha value is -3.79. The van der Waals surface area contributed by atoms with E-state index in [1.807, 2.05) is 13.8 Å². The van der Waals surface area contributed by atoms with Crippen LogP contribution in [0, 0.1) is 5.82 Å². The van der Waals surface area contributed by atoms with Gasteiger partial charge < -0.3 is 20.1 Å². The molecule has 1 aromatic carbocycles. The van der Waals surface area contributed by atoms with Crippen LogP contribution < -0.4 is 10.9 Å². The molecule has 9 nitrogen and oxygen atoms in total. The second kappa shape index (κ2) is 11.1. The number of hydrogen-bond donors (Lipinski definition) is 2. The van der Waals surface area contributed by atoms with Gasteiger partial charge in [0.1, 0.15) is 23.4 Å². The molecule has 0 unspecified atom stereocenters. The molecular formula is C25H29FN4O5. The van der Waals surface area contributed by atoms with Crippen molar-refractivity contribution in [3.05, 3.63) is 69.4 Å². The minimum absolute atomic E-state index is 0.0163. The summed E-state index contributed by atoms with van der Waals surface area (Å²) in [7, 11) is 3.10. The minimum Gasteiger partial charge on any atom is -0.505 e. The van der Waals surface area contributed by atoms with Crippen LogP contribution in [0.3, 0.4) is 0 Å². The summed E-state index contributed by atoms with van der Waals surface area (Å²) in [5.41, 5.74) is 0.414. The van der Waals surface area contributed by atoms with Gasteiger partial charge in [-0.05, 0) is 49.6 Å². The fourth-order valence-electron chi connectivity index (χ4n) is 3.47.